The van der Waals surface area contributed by atoms with Gasteiger partial charge < -0.3 is 10.1 Å². The summed E-state index contributed by atoms with van der Waals surface area (Å²) in [4.78, 5) is 0. The average Bonchev–Trinajstić information content (AvgIpc) is 3.01. The molecular formula is C14H18ClNO. The van der Waals surface area contributed by atoms with Gasteiger partial charge in [-0.05, 0) is 36.9 Å². The van der Waals surface area contributed by atoms with Gasteiger partial charge in [0, 0.05) is 11.6 Å². The topological polar surface area (TPSA) is 21.3 Å². The molecule has 1 aromatic rings. The van der Waals surface area contributed by atoms with E-state index >= 15 is 0 Å². The minimum atomic E-state index is 0.147. The Bertz CT molecular complexity index is 424. The van der Waals surface area contributed by atoms with Crippen molar-refractivity contribution in [2.45, 2.75) is 18.3 Å². The van der Waals surface area contributed by atoms with Gasteiger partial charge in [0.2, 0.25) is 0 Å². The molecule has 1 N–H and O–H groups in total. The molecule has 1 aromatic carbocycles. The van der Waals surface area contributed by atoms with Gasteiger partial charge in [0.15, 0.2) is 0 Å². The van der Waals surface area contributed by atoms with Gasteiger partial charge in [-0.15, -0.1) is 0 Å². The predicted octanol–water partition coefficient (Wildman–Crippen LogP) is 2.61. The second kappa shape index (κ2) is 3.98. The lowest BCUT2D eigenvalue weighted by Gasteiger charge is -2.49. The lowest BCUT2D eigenvalue weighted by atomic mass is 9.66. The van der Waals surface area contributed by atoms with Crippen molar-refractivity contribution < 1.29 is 4.74 Å². The summed E-state index contributed by atoms with van der Waals surface area (Å²) in [5.41, 5.74) is 1.79. The number of ether oxygens (including phenoxy) is 1. The highest BCUT2D eigenvalue weighted by Gasteiger charge is 2.63. The van der Waals surface area contributed by atoms with Gasteiger partial charge in [-0.3, -0.25) is 0 Å². The monoisotopic (exact) mass is 251 g/mol. The van der Waals surface area contributed by atoms with E-state index in [2.05, 4.69) is 17.4 Å². The van der Waals surface area contributed by atoms with Crippen molar-refractivity contribution in [3.63, 3.8) is 0 Å². The summed E-state index contributed by atoms with van der Waals surface area (Å²) in [6, 6.07) is 8.24. The van der Waals surface area contributed by atoms with Crippen LogP contribution in [0.5, 0.6) is 0 Å². The molecule has 2 aliphatic rings. The fourth-order valence-corrected chi connectivity index (χ4v) is 3.53. The molecule has 92 valence electrons. The lowest BCUT2D eigenvalue weighted by molar-refractivity contribution is -0.0985. The molecule has 0 unspecified atom stereocenters. The minimum absolute atomic E-state index is 0.147. The Morgan fingerprint density at radius 3 is 2.47 bits per heavy atom. The van der Waals surface area contributed by atoms with E-state index in [1.54, 1.807) is 0 Å². The number of nitrogens with one attached hydrogen (secondary N) is 1. The fourth-order valence-electron chi connectivity index (χ4n) is 3.22. The Morgan fingerprint density at radius 1 is 1.29 bits per heavy atom. The summed E-state index contributed by atoms with van der Waals surface area (Å²) >= 11 is 6.38. The van der Waals surface area contributed by atoms with E-state index in [1.807, 2.05) is 19.2 Å². The van der Waals surface area contributed by atoms with Gasteiger partial charge in [-0.25, -0.2) is 0 Å². The first-order valence-electron chi connectivity index (χ1n) is 6.22. The maximum atomic E-state index is 6.38. The highest BCUT2D eigenvalue weighted by atomic mass is 35.5. The van der Waals surface area contributed by atoms with E-state index in [9.17, 15) is 0 Å². The molecule has 1 heterocycles. The average molecular weight is 252 g/mol. The fraction of sp³-hybridized carbons (Fsp3) is 0.571. The summed E-state index contributed by atoms with van der Waals surface area (Å²) in [7, 11) is 2.03. The van der Waals surface area contributed by atoms with E-state index < -0.39 is 0 Å². The summed E-state index contributed by atoms with van der Waals surface area (Å²) in [5.74, 6) is 0. The van der Waals surface area contributed by atoms with Gasteiger partial charge in [0.1, 0.15) is 0 Å². The Balaban J connectivity index is 2.01. The van der Waals surface area contributed by atoms with Crippen LogP contribution in [-0.2, 0) is 10.2 Å². The van der Waals surface area contributed by atoms with Crippen molar-refractivity contribution in [2.75, 3.05) is 26.8 Å². The Morgan fingerprint density at radius 2 is 2.00 bits per heavy atom. The maximum Gasteiger partial charge on any atom is 0.0592 e. The molecular weight excluding hydrogens is 234 g/mol. The smallest absolute Gasteiger partial charge is 0.0592 e. The molecule has 2 fully saturated rings. The number of hydrogen-bond donors (Lipinski definition) is 1. The molecule has 0 bridgehead atoms. The minimum Gasteiger partial charge on any atom is -0.379 e. The molecule has 0 spiro atoms. The number of benzene rings is 1. The van der Waals surface area contributed by atoms with Crippen molar-refractivity contribution >= 4 is 11.6 Å². The molecule has 0 atom stereocenters. The van der Waals surface area contributed by atoms with Gasteiger partial charge >= 0.3 is 0 Å². The van der Waals surface area contributed by atoms with Crippen LogP contribution in [-0.4, -0.2) is 26.8 Å². The zero-order valence-corrected chi connectivity index (χ0v) is 10.9. The summed E-state index contributed by atoms with van der Waals surface area (Å²) in [6.45, 7) is 2.69. The number of rotatable bonds is 4. The molecule has 0 radical (unpaired) electrons. The molecule has 1 saturated carbocycles. The van der Waals surface area contributed by atoms with Crippen molar-refractivity contribution in [1.29, 1.82) is 0 Å². The molecule has 0 amide bonds. The third-order valence-electron chi connectivity index (χ3n) is 4.47. The van der Waals surface area contributed by atoms with E-state index in [4.69, 9.17) is 16.3 Å². The van der Waals surface area contributed by atoms with E-state index in [0.717, 1.165) is 24.8 Å². The van der Waals surface area contributed by atoms with Crippen LogP contribution in [0.3, 0.4) is 0 Å². The molecule has 1 aliphatic heterocycles. The van der Waals surface area contributed by atoms with E-state index in [1.165, 1.54) is 18.4 Å². The van der Waals surface area contributed by atoms with E-state index in [0.29, 0.717) is 5.41 Å². The quantitative estimate of drug-likeness (QED) is 0.888. The van der Waals surface area contributed by atoms with Gasteiger partial charge in [-0.2, -0.15) is 0 Å². The van der Waals surface area contributed by atoms with Crippen LogP contribution < -0.4 is 5.32 Å². The van der Waals surface area contributed by atoms with Crippen LogP contribution in [0.4, 0.5) is 0 Å². The zero-order valence-electron chi connectivity index (χ0n) is 10.1. The molecule has 0 aromatic heterocycles. The zero-order chi connectivity index (χ0) is 11.9. The summed E-state index contributed by atoms with van der Waals surface area (Å²) in [5, 5.41) is 4.22. The van der Waals surface area contributed by atoms with E-state index in [-0.39, 0.29) is 5.41 Å². The second-order valence-corrected chi connectivity index (χ2v) is 5.77. The van der Waals surface area contributed by atoms with Gasteiger partial charge in [0.05, 0.1) is 18.6 Å². The first-order chi connectivity index (χ1) is 8.24. The number of halogens is 1. The summed E-state index contributed by atoms with van der Waals surface area (Å²) in [6.07, 6.45) is 2.56. The SMILES string of the molecule is CNCC1(C2(c3ccccc3Cl)COC2)CC1. The first-order valence-corrected chi connectivity index (χ1v) is 6.59. The standard InChI is InChI=1S/C14H18ClNO/c1-16-8-13(6-7-13)14(9-17-10-14)11-4-2-3-5-12(11)15/h2-5,16H,6-10H2,1H3. The van der Waals surface area contributed by atoms with Crippen LogP contribution in [0.15, 0.2) is 24.3 Å². The third kappa shape index (κ3) is 1.55. The van der Waals surface area contributed by atoms with Crippen molar-refractivity contribution in [3.8, 4) is 0 Å². The van der Waals surface area contributed by atoms with Crippen molar-refractivity contribution in [1.82, 2.24) is 5.32 Å². The van der Waals surface area contributed by atoms with Crippen LogP contribution in [0.25, 0.3) is 0 Å². The summed E-state index contributed by atoms with van der Waals surface area (Å²) < 4.78 is 5.53. The molecule has 1 aliphatic carbocycles. The molecule has 17 heavy (non-hydrogen) atoms. The Hall–Kier alpha value is -0.570. The molecule has 3 heteroatoms. The Labute approximate surface area is 107 Å². The first kappa shape index (κ1) is 11.5. The van der Waals surface area contributed by atoms with Crippen LogP contribution in [0.2, 0.25) is 5.02 Å². The molecule has 3 rings (SSSR count). The largest absolute Gasteiger partial charge is 0.379 e. The van der Waals surface area contributed by atoms with Crippen molar-refractivity contribution in [3.05, 3.63) is 34.9 Å². The molecule has 2 nitrogen and oxygen atoms in total. The maximum absolute atomic E-state index is 6.38. The third-order valence-corrected chi connectivity index (χ3v) is 4.80. The van der Waals surface area contributed by atoms with Crippen molar-refractivity contribution in [2.24, 2.45) is 5.41 Å². The molecule has 1 saturated heterocycles. The number of hydrogen-bond acceptors (Lipinski definition) is 2. The van der Waals surface area contributed by atoms with Gasteiger partial charge in [0.25, 0.3) is 0 Å². The normalized spacial score (nSPS) is 24.1. The second-order valence-electron chi connectivity index (χ2n) is 5.37. The highest BCUT2D eigenvalue weighted by molar-refractivity contribution is 6.31. The van der Waals surface area contributed by atoms with Crippen LogP contribution >= 0.6 is 11.6 Å². The lowest BCUT2D eigenvalue weighted by Crippen LogP contribution is -2.56. The van der Waals surface area contributed by atoms with Crippen LogP contribution in [0.1, 0.15) is 18.4 Å². The van der Waals surface area contributed by atoms with Gasteiger partial charge in [-0.1, -0.05) is 29.8 Å². The highest BCUT2D eigenvalue weighted by Crippen LogP contribution is 2.62. The Kier molecular flexibility index (Phi) is 2.69. The van der Waals surface area contributed by atoms with Crippen LogP contribution in [0, 0.1) is 5.41 Å². The predicted molar refractivity (Wildman–Crippen MR) is 69.5 cm³/mol.